The molecule has 0 bridgehead atoms. The van der Waals surface area contributed by atoms with Crippen molar-refractivity contribution >= 4 is 23.3 Å². The number of benzene rings is 3. The number of nitrogens with one attached hydrogen (secondary N) is 1. The van der Waals surface area contributed by atoms with E-state index in [4.69, 9.17) is 4.74 Å². The third-order valence-corrected chi connectivity index (χ3v) is 6.28. The molecule has 8 heteroatoms. The van der Waals surface area contributed by atoms with Gasteiger partial charge in [0.1, 0.15) is 0 Å². The van der Waals surface area contributed by atoms with E-state index < -0.39 is 17.7 Å². The van der Waals surface area contributed by atoms with Gasteiger partial charge in [-0.15, -0.1) is 0 Å². The maximum atomic E-state index is 13.0. The van der Waals surface area contributed by atoms with Gasteiger partial charge < -0.3 is 15.0 Å². The van der Waals surface area contributed by atoms with E-state index in [-0.39, 0.29) is 29.5 Å². The number of ether oxygens (including phenoxy) is 1. The normalized spacial score (nSPS) is 14.4. The fourth-order valence-electron chi connectivity index (χ4n) is 4.33. The summed E-state index contributed by atoms with van der Waals surface area (Å²) in [6, 6.07) is 21.3. The SMILES string of the molecule is O=C(OCC(=O)N1CCC(Cc2ccccc2)CC1)c1ccccc1Nc1cccc(C(F)(F)F)c1. The fourth-order valence-corrected chi connectivity index (χ4v) is 4.33. The summed E-state index contributed by atoms with van der Waals surface area (Å²) in [6.07, 6.45) is -1.73. The second-order valence-corrected chi connectivity index (χ2v) is 8.84. The van der Waals surface area contributed by atoms with Crippen molar-refractivity contribution in [2.45, 2.75) is 25.4 Å². The van der Waals surface area contributed by atoms with Crippen molar-refractivity contribution in [1.29, 1.82) is 0 Å². The molecule has 0 atom stereocenters. The van der Waals surface area contributed by atoms with Crippen LogP contribution in [0.5, 0.6) is 0 Å². The van der Waals surface area contributed by atoms with Crippen LogP contribution < -0.4 is 5.32 Å². The van der Waals surface area contributed by atoms with E-state index in [0.29, 0.717) is 19.0 Å². The van der Waals surface area contributed by atoms with Gasteiger partial charge in [-0.3, -0.25) is 4.79 Å². The molecule has 5 nitrogen and oxygen atoms in total. The van der Waals surface area contributed by atoms with Gasteiger partial charge in [-0.2, -0.15) is 13.2 Å². The summed E-state index contributed by atoms with van der Waals surface area (Å²) in [5, 5.41) is 2.85. The van der Waals surface area contributed by atoms with E-state index in [0.717, 1.165) is 31.4 Å². The topological polar surface area (TPSA) is 58.6 Å². The highest BCUT2D eigenvalue weighted by Crippen LogP contribution is 2.32. The number of carbonyl (C=O) groups is 2. The molecule has 3 aromatic rings. The fraction of sp³-hybridized carbons (Fsp3) is 0.286. The van der Waals surface area contributed by atoms with Crippen LogP contribution in [0.25, 0.3) is 0 Å². The summed E-state index contributed by atoms with van der Waals surface area (Å²) in [5.41, 5.74) is 1.08. The number of rotatable bonds is 7. The lowest BCUT2D eigenvalue weighted by Gasteiger charge is -2.32. The summed E-state index contributed by atoms with van der Waals surface area (Å²) >= 11 is 0. The van der Waals surface area contributed by atoms with Crippen molar-refractivity contribution in [2.24, 2.45) is 5.92 Å². The first-order valence-corrected chi connectivity index (χ1v) is 11.8. The molecule has 1 fully saturated rings. The highest BCUT2D eigenvalue weighted by Gasteiger charge is 2.30. The third-order valence-electron chi connectivity index (χ3n) is 6.28. The van der Waals surface area contributed by atoms with Crippen LogP contribution in [0.15, 0.2) is 78.9 Å². The standard InChI is InChI=1S/C28H27F3N2O3/c29-28(30,31)22-9-6-10-23(18-22)32-25-12-5-4-11-24(25)27(35)36-19-26(34)33-15-13-21(14-16-33)17-20-7-2-1-3-8-20/h1-12,18,21,32H,13-17,19H2. The van der Waals surface area contributed by atoms with E-state index in [1.807, 2.05) is 18.2 Å². The second-order valence-electron chi connectivity index (χ2n) is 8.84. The third kappa shape index (κ3) is 6.65. The molecule has 0 aromatic heterocycles. The zero-order chi connectivity index (χ0) is 25.5. The Hall–Kier alpha value is -3.81. The molecule has 1 heterocycles. The number of hydrogen-bond acceptors (Lipinski definition) is 4. The Balaban J connectivity index is 1.31. The van der Waals surface area contributed by atoms with Gasteiger partial charge in [-0.05, 0) is 61.1 Å². The highest BCUT2D eigenvalue weighted by molar-refractivity contribution is 5.97. The number of amides is 1. The Kier molecular flexibility index (Phi) is 7.93. The molecule has 188 valence electrons. The summed E-state index contributed by atoms with van der Waals surface area (Å²) < 4.78 is 44.3. The van der Waals surface area contributed by atoms with Gasteiger partial charge in [0.05, 0.1) is 16.8 Å². The number of para-hydroxylation sites is 1. The van der Waals surface area contributed by atoms with Gasteiger partial charge in [-0.1, -0.05) is 48.5 Å². The summed E-state index contributed by atoms with van der Waals surface area (Å²) in [5.74, 6) is -0.477. The molecule has 4 rings (SSSR count). The van der Waals surface area contributed by atoms with Crippen LogP contribution >= 0.6 is 0 Å². The van der Waals surface area contributed by atoms with Crippen LogP contribution in [0.4, 0.5) is 24.5 Å². The van der Waals surface area contributed by atoms with E-state index in [2.05, 4.69) is 17.4 Å². The van der Waals surface area contributed by atoms with E-state index in [1.165, 1.54) is 23.8 Å². The first-order chi connectivity index (χ1) is 17.3. The van der Waals surface area contributed by atoms with Crippen molar-refractivity contribution in [1.82, 2.24) is 4.90 Å². The van der Waals surface area contributed by atoms with Crippen LogP contribution in [0.2, 0.25) is 0 Å². The lowest BCUT2D eigenvalue weighted by molar-refractivity contribution is -0.137. The molecular weight excluding hydrogens is 469 g/mol. The van der Waals surface area contributed by atoms with Crippen molar-refractivity contribution in [3.8, 4) is 0 Å². The largest absolute Gasteiger partial charge is 0.452 e. The van der Waals surface area contributed by atoms with Crippen LogP contribution in [0, 0.1) is 5.92 Å². The average Bonchev–Trinajstić information content (AvgIpc) is 2.88. The number of anilines is 2. The number of likely N-dealkylation sites (tertiary alicyclic amines) is 1. The Morgan fingerprint density at radius 1 is 0.917 bits per heavy atom. The summed E-state index contributed by atoms with van der Waals surface area (Å²) in [4.78, 5) is 27.1. The predicted octanol–water partition coefficient (Wildman–Crippen LogP) is 6.09. The molecule has 3 aromatic carbocycles. The van der Waals surface area contributed by atoms with Crippen LogP contribution in [-0.4, -0.2) is 36.5 Å². The molecule has 1 amide bonds. The maximum absolute atomic E-state index is 13.0. The molecule has 1 aliphatic rings. The number of carbonyl (C=O) groups excluding carboxylic acids is 2. The number of piperidine rings is 1. The molecule has 1 N–H and O–H groups in total. The van der Waals surface area contributed by atoms with Gasteiger partial charge in [0.2, 0.25) is 0 Å². The van der Waals surface area contributed by atoms with Crippen molar-refractivity contribution < 1.29 is 27.5 Å². The van der Waals surface area contributed by atoms with E-state index >= 15 is 0 Å². The zero-order valence-corrected chi connectivity index (χ0v) is 19.6. The van der Waals surface area contributed by atoms with Crippen LogP contribution in [0.1, 0.15) is 34.3 Å². The van der Waals surface area contributed by atoms with E-state index in [9.17, 15) is 22.8 Å². The molecule has 0 spiro atoms. The van der Waals surface area contributed by atoms with Crippen LogP contribution in [0.3, 0.4) is 0 Å². The van der Waals surface area contributed by atoms with Gasteiger partial charge in [-0.25, -0.2) is 4.79 Å². The Labute approximate surface area is 207 Å². The smallest absolute Gasteiger partial charge is 0.416 e. The maximum Gasteiger partial charge on any atom is 0.416 e. The van der Waals surface area contributed by atoms with E-state index in [1.54, 1.807) is 23.1 Å². The molecule has 0 saturated carbocycles. The minimum Gasteiger partial charge on any atom is -0.452 e. The average molecular weight is 497 g/mol. The monoisotopic (exact) mass is 496 g/mol. The molecular formula is C28H27F3N2O3. The Morgan fingerprint density at radius 2 is 1.61 bits per heavy atom. The second kappa shape index (κ2) is 11.3. The number of esters is 1. The lowest BCUT2D eigenvalue weighted by atomic mass is 9.90. The Bertz CT molecular complexity index is 1190. The molecule has 1 saturated heterocycles. The van der Waals surface area contributed by atoms with Crippen molar-refractivity contribution in [3.05, 3.63) is 95.6 Å². The Morgan fingerprint density at radius 3 is 2.33 bits per heavy atom. The molecule has 36 heavy (non-hydrogen) atoms. The first kappa shape index (κ1) is 25.3. The zero-order valence-electron chi connectivity index (χ0n) is 19.6. The van der Waals surface area contributed by atoms with Gasteiger partial charge in [0.15, 0.2) is 6.61 Å². The number of halogens is 3. The van der Waals surface area contributed by atoms with Gasteiger partial charge in [0, 0.05) is 18.8 Å². The predicted molar refractivity (Wildman–Crippen MR) is 131 cm³/mol. The number of nitrogens with zero attached hydrogens (tertiary/aromatic N) is 1. The quantitative estimate of drug-likeness (QED) is 0.403. The lowest BCUT2D eigenvalue weighted by Crippen LogP contribution is -2.41. The number of hydrogen-bond donors (Lipinski definition) is 1. The number of alkyl halides is 3. The molecule has 1 aliphatic heterocycles. The van der Waals surface area contributed by atoms with Crippen molar-refractivity contribution in [3.63, 3.8) is 0 Å². The van der Waals surface area contributed by atoms with Gasteiger partial charge >= 0.3 is 12.1 Å². The molecule has 0 aliphatic carbocycles. The molecule has 0 unspecified atom stereocenters. The first-order valence-electron chi connectivity index (χ1n) is 11.8. The minimum absolute atomic E-state index is 0.129. The summed E-state index contributed by atoms with van der Waals surface area (Å²) in [6.45, 7) is 0.837. The minimum atomic E-state index is -4.48. The highest BCUT2D eigenvalue weighted by atomic mass is 19.4. The molecule has 0 radical (unpaired) electrons. The van der Waals surface area contributed by atoms with Gasteiger partial charge in [0.25, 0.3) is 5.91 Å². The summed E-state index contributed by atoms with van der Waals surface area (Å²) in [7, 11) is 0. The van der Waals surface area contributed by atoms with Crippen LogP contribution in [-0.2, 0) is 22.1 Å². The van der Waals surface area contributed by atoms with Crippen molar-refractivity contribution in [2.75, 3.05) is 25.0 Å².